The molecule has 4 heteroatoms. The summed E-state index contributed by atoms with van der Waals surface area (Å²) in [6, 6.07) is -0.0568. The Balaban J connectivity index is 1.97. The van der Waals surface area contributed by atoms with Crippen molar-refractivity contribution in [2.24, 2.45) is 11.7 Å². The molecule has 1 aliphatic carbocycles. The first-order valence-electron chi connectivity index (χ1n) is 4.31. The first-order chi connectivity index (χ1) is 5.75. The minimum absolute atomic E-state index is 0.0568. The zero-order chi connectivity index (χ0) is 8.55. The van der Waals surface area contributed by atoms with E-state index in [4.69, 9.17) is 10.3 Å². The molecule has 1 atom stereocenters. The van der Waals surface area contributed by atoms with Crippen LogP contribution in [0.4, 0.5) is 0 Å². The van der Waals surface area contributed by atoms with Gasteiger partial charge in [0.2, 0.25) is 5.89 Å². The zero-order valence-electron chi connectivity index (χ0n) is 7.16. The minimum Gasteiger partial charge on any atom is -0.338 e. The molecule has 1 aromatic rings. The second kappa shape index (κ2) is 2.86. The first-order valence-corrected chi connectivity index (χ1v) is 4.31. The molecule has 1 fully saturated rings. The van der Waals surface area contributed by atoms with Crippen LogP contribution in [0.15, 0.2) is 4.52 Å². The van der Waals surface area contributed by atoms with E-state index in [1.54, 1.807) is 6.92 Å². The fraction of sp³-hybridized carbons (Fsp3) is 0.750. The maximum absolute atomic E-state index is 5.85. The summed E-state index contributed by atoms with van der Waals surface area (Å²) in [5.41, 5.74) is 5.85. The van der Waals surface area contributed by atoms with Gasteiger partial charge in [0, 0.05) is 0 Å². The Morgan fingerprint density at radius 3 is 2.92 bits per heavy atom. The Morgan fingerprint density at radius 2 is 2.42 bits per heavy atom. The molecule has 4 nitrogen and oxygen atoms in total. The fourth-order valence-electron chi connectivity index (χ4n) is 1.28. The van der Waals surface area contributed by atoms with E-state index < -0.39 is 0 Å². The number of hydrogen-bond donors (Lipinski definition) is 1. The molecule has 1 heterocycles. The number of aromatic nitrogens is 2. The molecule has 0 radical (unpaired) electrons. The molecule has 1 saturated carbocycles. The Hall–Kier alpha value is -0.900. The van der Waals surface area contributed by atoms with Crippen LogP contribution in [0.3, 0.4) is 0 Å². The first kappa shape index (κ1) is 7.73. The fourth-order valence-corrected chi connectivity index (χ4v) is 1.28. The summed E-state index contributed by atoms with van der Waals surface area (Å²) in [5, 5.41) is 3.70. The Bertz CT molecular complexity index is 267. The van der Waals surface area contributed by atoms with Gasteiger partial charge in [-0.2, -0.15) is 4.98 Å². The van der Waals surface area contributed by atoms with E-state index in [1.165, 1.54) is 12.8 Å². The monoisotopic (exact) mass is 167 g/mol. The molecule has 1 aliphatic rings. The molecular formula is C8H13N3O. The number of rotatable bonds is 3. The van der Waals surface area contributed by atoms with E-state index in [2.05, 4.69) is 10.1 Å². The quantitative estimate of drug-likeness (QED) is 0.734. The molecule has 1 unspecified atom stereocenters. The van der Waals surface area contributed by atoms with Crippen molar-refractivity contribution < 1.29 is 4.52 Å². The lowest BCUT2D eigenvalue weighted by Gasteiger charge is -2.03. The van der Waals surface area contributed by atoms with Crippen LogP contribution >= 0.6 is 0 Å². The third kappa shape index (κ3) is 1.64. The molecule has 0 aliphatic heterocycles. The van der Waals surface area contributed by atoms with E-state index in [0.717, 1.165) is 12.3 Å². The Morgan fingerprint density at radius 1 is 1.67 bits per heavy atom. The van der Waals surface area contributed by atoms with Crippen LogP contribution < -0.4 is 5.73 Å². The summed E-state index contributed by atoms with van der Waals surface area (Å²) in [7, 11) is 0. The van der Waals surface area contributed by atoms with Gasteiger partial charge in [0.15, 0.2) is 5.82 Å². The van der Waals surface area contributed by atoms with Crippen molar-refractivity contribution in [1.29, 1.82) is 0 Å². The summed E-state index contributed by atoms with van der Waals surface area (Å²) in [6.07, 6.45) is 3.60. The average Bonchev–Trinajstić information content (AvgIpc) is 2.72. The second-order valence-corrected chi connectivity index (χ2v) is 3.47. The van der Waals surface area contributed by atoms with Gasteiger partial charge in [-0.1, -0.05) is 18.0 Å². The van der Waals surface area contributed by atoms with Gasteiger partial charge < -0.3 is 10.3 Å². The van der Waals surface area contributed by atoms with Gasteiger partial charge in [0.1, 0.15) is 0 Å². The van der Waals surface area contributed by atoms with E-state index >= 15 is 0 Å². The van der Waals surface area contributed by atoms with Crippen LogP contribution in [0.25, 0.3) is 0 Å². The largest absolute Gasteiger partial charge is 0.338 e. The Labute approximate surface area is 71.1 Å². The highest BCUT2D eigenvalue weighted by Crippen LogP contribution is 2.36. The van der Waals surface area contributed by atoms with Gasteiger partial charge in [0.05, 0.1) is 6.04 Å². The maximum atomic E-state index is 5.85. The topological polar surface area (TPSA) is 64.9 Å². The molecule has 0 saturated heterocycles. The van der Waals surface area contributed by atoms with Crippen molar-refractivity contribution in [2.75, 3.05) is 0 Å². The Kier molecular flexibility index (Phi) is 1.84. The minimum atomic E-state index is -0.0568. The average molecular weight is 167 g/mol. The van der Waals surface area contributed by atoms with E-state index in [0.29, 0.717) is 11.7 Å². The van der Waals surface area contributed by atoms with E-state index in [1.807, 2.05) is 0 Å². The highest BCUT2D eigenvalue weighted by Gasteiger charge is 2.26. The molecule has 2 N–H and O–H groups in total. The highest BCUT2D eigenvalue weighted by atomic mass is 16.5. The number of aryl methyl sites for hydroxylation is 1. The van der Waals surface area contributed by atoms with E-state index in [9.17, 15) is 0 Å². The van der Waals surface area contributed by atoms with Crippen LogP contribution in [0.2, 0.25) is 0 Å². The predicted molar refractivity (Wildman–Crippen MR) is 43.3 cm³/mol. The molecule has 0 amide bonds. The van der Waals surface area contributed by atoms with Gasteiger partial charge >= 0.3 is 0 Å². The highest BCUT2D eigenvalue weighted by molar-refractivity contribution is 4.92. The lowest BCUT2D eigenvalue weighted by molar-refractivity contribution is 0.341. The molecular weight excluding hydrogens is 154 g/mol. The standard InChI is InChI=1S/C8H13N3O/c1-5-10-8(12-11-5)7(9)4-6-2-3-6/h6-7H,2-4,9H2,1H3. The number of hydrogen-bond acceptors (Lipinski definition) is 4. The van der Waals surface area contributed by atoms with Gasteiger partial charge in [-0.25, -0.2) is 0 Å². The summed E-state index contributed by atoms with van der Waals surface area (Å²) >= 11 is 0. The van der Waals surface area contributed by atoms with Crippen molar-refractivity contribution in [1.82, 2.24) is 10.1 Å². The van der Waals surface area contributed by atoms with Crippen LogP contribution in [0.5, 0.6) is 0 Å². The van der Waals surface area contributed by atoms with Crippen molar-refractivity contribution >= 4 is 0 Å². The van der Waals surface area contributed by atoms with Crippen LogP contribution in [0, 0.1) is 12.8 Å². The predicted octanol–water partition coefficient (Wildman–Crippen LogP) is 1.18. The van der Waals surface area contributed by atoms with E-state index in [-0.39, 0.29) is 6.04 Å². The summed E-state index contributed by atoms with van der Waals surface area (Å²) < 4.78 is 4.97. The summed E-state index contributed by atoms with van der Waals surface area (Å²) in [4.78, 5) is 4.09. The van der Waals surface area contributed by atoms with Crippen molar-refractivity contribution in [3.05, 3.63) is 11.7 Å². The molecule has 1 aromatic heterocycles. The number of nitrogens with zero attached hydrogens (tertiary/aromatic N) is 2. The van der Waals surface area contributed by atoms with Gasteiger partial charge in [0.25, 0.3) is 0 Å². The van der Waals surface area contributed by atoms with Gasteiger partial charge in [-0.3, -0.25) is 0 Å². The molecule has 0 spiro atoms. The molecule has 0 bridgehead atoms. The third-order valence-electron chi connectivity index (χ3n) is 2.14. The smallest absolute Gasteiger partial charge is 0.243 e. The van der Waals surface area contributed by atoms with Gasteiger partial charge in [-0.05, 0) is 19.3 Å². The van der Waals surface area contributed by atoms with Crippen LogP contribution in [0.1, 0.15) is 37.0 Å². The molecule has 66 valence electrons. The molecule has 0 aromatic carbocycles. The van der Waals surface area contributed by atoms with Crippen LogP contribution in [-0.4, -0.2) is 10.1 Å². The third-order valence-corrected chi connectivity index (χ3v) is 2.14. The molecule has 12 heavy (non-hydrogen) atoms. The zero-order valence-corrected chi connectivity index (χ0v) is 7.16. The number of nitrogens with two attached hydrogens (primary N) is 1. The van der Waals surface area contributed by atoms with Gasteiger partial charge in [-0.15, -0.1) is 0 Å². The molecule has 2 rings (SSSR count). The normalized spacial score (nSPS) is 19.5. The van der Waals surface area contributed by atoms with Crippen molar-refractivity contribution in [2.45, 2.75) is 32.2 Å². The second-order valence-electron chi connectivity index (χ2n) is 3.47. The summed E-state index contributed by atoms with van der Waals surface area (Å²) in [6.45, 7) is 1.80. The summed E-state index contributed by atoms with van der Waals surface area (Å²) in [5.74, 6) is 2.04. The lowest BCUT2D eigenvalue weighted by atomic mass is 10.1. The lowest BCUT2D eigenvalue weighted by Crippen LogP contribution is -2.11. The van der Waals surface area contributed by atoms with Crippen LogP contribution in [-0.2, 0) is 0 Å². The SMILES string of the molecule is Cc1noc(C(N)CC2CC2)n1. The maximum Gasteiger partial charge on any atom is 0.243 e. The van der Waals surface area contributed by atoms with Crippen molar-refractivity contribution in [3.63, 3.8) is 0 Å². The van der Waals surface area contributed by atoms with Crippen molar-refractivity contribution in [3.8, 4) is 0 Å².